The normalized spacial score (nSPS) is 18.1. The molecule has 0 aromatic heterocycles. The van der Waals surface area contributed by atoms with Gasteiger partial charge in [-0.3, -0.25) is 33.6 Å². The van der Waals surface area contributed by atoms with E-state index in [0.717, 1.165) is 0 Å². The Labute approximate surface area is 329 Å². The molecule has 1 heterocycles. The van der Waals surface area contributed by atoms with Crippen LogP contribution >= 0.6 is 0 Å². The predicted molar refractivity (Wildman–Crippen MR) is 208 cm³/mol. The lowest BCUT2D eigenvalue weighted by molar-refractivity contribution is -0.150. The summed E-state index contributed by atoms with van der Waals surface area (Å²) in [6, 6.07) is 2.68. The summed E-state index contributed by atoms with van der Waals surface area (Å²) in [6.45, 7) is 11.7. The second kappa shape index (κ2) is 23.1. The van der Waals surface area contributed by atoms with Crippen LogP contribution in [0.4, 0.5) is 0 Å². The monoisotopic (exact) mass is 786 g/mol. The number of hydrogen-bond donors (Lipinski definition) is 8. The topological polar surface area (TPSA) is 258 Å². The molecular weight excluding hydrogens is 724 g/mol. The molecule has 17 nitrogen and oxygen atoms in total. The van der Waals surface area contributed by atoms with Crippen LogP contribution in [0.1, 0.15) is 86.1 Å². The average Bonchev–Trinajstić information content (AvgIpc) is 3.69. The first-order valence-electron chi connectivity index (χ1n) is 19.5. The zero-order valence-corrected chi connectivity index (χ0v) is 33.7. The van der Waals surface area contributed by atoms with Crippen LogP contribution in [-0.4, -0.2) is 113 Å². The zero-order valence-electron chi connectivity index (χ0n) is 33.7. The Balaban J connectivity index is 2.10. The molecule has 1 aromatic rings. The van der Waals surface area contributed by atoms with E-state index in [-0.39, 0.29) is 30.7 Å². The largest absolute Gasteiger partial charge is 0.480 e. The molecule has 0 radical (unpaired) electrons. The first-order valence-corrected chi connectivity index (χ1v) is 19.5. The maximum atomic E-state index is 13.6. The fraction of sp³-hybridized carbons (Fsp3) is 0.641. The lowest BCUT2D eigenvalue weighted by Gasteiger charge is -2.31. The van der Waals surface area contributed by atoms with Crippen molar-refractivity contribution in [1.29, 1.82) is 0 Å². The van der Waals surface area contributed by atoms with Gasteiger partial charge in [-0.25, -0.2) is 4.79 Å². The molecule has 0 bridgehead atoms. The molecule has 1 aliphatic rings. The Bertz CT molecular complexity index is 1530. The van der Waals surface area contributed by atoms with Gasteiger partial charge in [0.2, 0.25) is 41.4 Å². The fourth-order valence-electron chi connectivity index (χ4n) is 6.11. The minimum atomic E-state index is -1.18. The number of hydrogen-bond acceptors (Lipinski definition) is 9. The van der Waals surface area contributed by atoms with Crippen molar-refractivity contribution in [2.24, 2.45) is 23.5 Å². The molecule has 0 spiro atoms. The van der Waals surface area contributed by atoms with Crippen molar-refractivity contribution in [3.63, 3.8) is 0 Å². The van der Waals surface area contributed by atoms with Crippen LogP contribution in [0.5, 0.6) is 0 Å². The summed E-state index contributed by atoms with van der Waals surface area (Å²) in [5, 5.41) is 25.2. The third-order valence-electron chi connectivity index (χ3n) is 10.5. The number of carbonyl (C=O) groups is 8. The number of aliphatic carboxylic acids is 1. The van der Waals surface area contributed by atoms with Crippen LogP contribution in [0.3, 0.4) is 0 Å². The van der Waals surface area contributed by atoms with Crippen molar-refractivity contribution in [3.8, 4) is 0 Å². The van der Waals surface area contributed by atoms with E-state index in [2.05, 4.69) is 31.9 Å². The summed E-state index contributed by atoms with van der Waals surface area (Å²) in [4.78, 5) is 105. The third kappa shape index (κ3) is 14.2. The van der Waals surface area contributed by atoms with Gasteiger partial charge in [-0.1, -0.05) is 91.1 Å². The molecular formula is C39H62N8O9. The minimum Gasteiger partial charge on any atom is -0.480 e. The van der Waals surface area contributed by atoms with E-state index in [4.69, 9.17) is 5.73 Å². The first-order chi connectivity index (χ1) is 26.4. The summed E-state index contributed by atoms with van der Waals surface area (Å²) in [7, 11) is 0. The van der Waals surface area contributed by atoms with E-state index in [0.29, 0.717) is 37.7 Å². The van der Waals surface area contributed by atoms with Gasteiger partial charge in [-0.15, -0.1) is 0 Å². The van der Waals surface area contributed by atoms with Crippen LogP contribution in [0.25, 0.3) is 0 Å². The van der Waals surface area contributed by atoms with E-state index in [1.54, 1.807) is 44.2 Å². The molecule has 0 saturated carbocycles. The standard InChI is InChI=1S/C39H62N8O9/c1-8-22(4)31(40)36(52)41-21-30(49)45-32(23(5)9-2)37(53)42-20-29(48)44-27(19-26-15-12-11-13-16-26)35(51)43-25(7)34(50)46-33(24(6)10-3)38(54)47-18-14-17-28(47)39(55)56/h11-13,15-16,22-25,27-28,31-33H,8-10,14,17-21,40H2,1-7H3,(H,41,52)(H,42,53)(H,43,51)(H,44,48)(H,45,49)(H,46,50)(H,55,56)/t22-,23-,24-,25-,27-,28-,31-,32-,33-/m0/s1. The van der Waals surface area contributed by atoms with Crippen molar-refractivity contribution in [2.75, 3.05) is 19.6 Å². The van der Waals surface area contributed by atoms with E-state index in [1.807, 2.05) is 27.7 Å². The van der Waals surface area contributed by atoms with Crippen molar-refractivity contribution >= 4 is 47.3 Å². The van der Waals surface area contributed by atoms with Gasteiger partial charge in [0.25, 0.3) is 0 Å². The lowest BCUT2D eigenvalue weighted by atomic mass is 9.97. The van der Waals surface area contributed by atoms with Crippen molar-refractivity contribution in [1.82, 2.24) is 36.8 Å². The van der Waals surface area contributed by atoms with Crippen LogP contribution in [0.2, 0.25) is 0 Å². The number of nitrogens with two attached hydrogens (primary N) is 1. The average molecular weight is 787 g/mol. The molecule has 1 fully saturated rings. The van der Waals surface area contributed by atoms with E-state index in [9.17, 15) is 43.5 Å². The molecule has 1 saturated heterocycles. The summed E-state index contributed by atoms with van der Waals surface area (Å²) >= 11 is 0. The maximum Gasteiger partial charge on any atom is 0.326 e. The van der Waals surface area contributed by atoms with Gasteiger partial charge >= 0.3 is 5.97 Å². The fourth-order valence-corrected chi connectivity index (χ4v) is 6.11. The maximum absolute atomic E-state index is 13.6. The van der Waals surface area contributed by atoms with Crippen LogP contribution in [0, 0.1) is 17.8 Å². The molecule has 7 amide bonds. The second-order valence-corrected chi connectivity index (χ2v) is 14.7. The van der Waals surface area contributed by atoms with E-state index in [1.165, 1.54) is 11.8 Å². The lowest BCUT2D eigenvalue weighted by Crippen LogP contribution is -2.59. The van der Waals surface area contributed by atoms with Crippen molar-refractivity contribution in [2.45, 2.75) is 123 Å². The Morgan fingerprint density at radius 1 is 0.714 bits per heavy atom. The molecule has 1 aromatic carbocycles. The highest BCUT2D eigenvalue weighted by atomic mass is 16.4. The van der Waals surface area contributed by atoms with Gasteiger partial charge in [0.05, 0.1) is 19.1 Å². The third-order valence-corrected chi connectivity index (χ3v) is 10.5. The number of carboxylic acids is 1. The Hall–Kier alpha value is -5.06. The molecule has 9 N–H and O–H groups in total. The van der Waals surface area contributed by atoms with Gasteiger partial charge in [0.15, 0.2) is 0 Å². The number of rotatable bonds is 22. The van der Waals surface area contributed by atoms with Crippen LogP contribution < -0.4 is 37.6 Å². The molecule has 312 valence electrons. The molecule has 2 rings (SSSR count). The predicted octanol–water partition coefficient (Wildman–Crippen LogP) is -0.0382. The van der Waals surface area contributed by atoms with Gasteiger partial charge in [-0.05, 0) is 43.1 Å². The Morgan fingerprint density at radius 3 is 1.84 bits per heavy atom. The molecule has 17 heteroatoms. The van der Waals surface area contributed by atoms with Gasteiger partial charge in [0.1, 0.15) is 30.2 Å². The van der Waals surface area contributed by atoms with Crippen molar-refractivity contribution < 1.29 is 43.5 Å². The van der Waals surface area contributed by atoms with Gasteiger partial charge in [-0.2, -0.15) is 0 Å². The highest BCUT2D eigenvalue weighted by Gasteiger charge is 2.40. The second-order valence-electron chi connectivity index (χ2n) is 14.7. The molecule has 56 heavy (non-hydrogen) atoms. The quantitative estimate of drug-likeness (QED) is 0.0778. The summed E-state index contributed by atoms with van der Waals surface area (Å²) in [5.41, 5.74) is 6.63. The number of carboxylic acid groups (broad SMARTS) is 1. The molecule has 0 unspecified atom stereocenters. The number of nitrogens with one attached hydrogen (secondary N) is 6. The van der Waals surface area contributed by atoms with Crippen molar-refractivity contribution in [3.05, 3.63) is 35.9 Å². The smallest absolute Gasteiger partial charge is 0.326 e. The minimum absolute atomic E-state index is 0.0399. The molecule has 1 aliphatic heterocycles. The van der Waals surface area contributed by atoms with Gasteiger partial charge in [0, 0.05) is 13.0 Å². The molecule has 9 atom stereocenters. The summed E-state index contributed by atoms with van der Waals surface area (Å²) < 4.78 is 0. The SMILES string of the molecule is CC[C@H](C)[C@H](N)C(=O)NCC(=O)N[C@H](C(=O)NCC(=O)N[C@@H](Cc1ccccc1)C(=O)N[C@@H](C)C(=O)N[C@H](C(=O)N1CCC[C@H]1C(=O)O)[C@@H](C)CC)[C@@H](C)CC. The van der Waals surface area contributed by atoms with Gasteiger partial charge < -0.3 is 47.6 Å². The van der Waals surface area contributed by atoms with E-state index >= 15 is 0 Å². The summed E-state index contributed by atoms with van der Waals surface area (Å²) in [5.74, 6) is -6.21. The first kappa shape index (κ1) is 47.1. The van der Waals surface area contributed by atoms with E-state index < -0.39 is 96.7 Å². The number of likely N-dealkylation sites (tertiary alicyclic amines) is 1. The van der Waals surface area contributed by atoms with Crippen LogP contribution in [0.15, 0.2) is 30.3 Å². The number of amides is 7. The Morgan fingerprint density at radius 2 is 1.27 bits per heavy atom. The highest BCUT2D eigenvalue weighted by molar-refractivity contribution is 5.96. The highest BCUT2D eigenvalue weighted by Crippen LogP contribution is 2.21. The zero-order chi connectivity index (χ0) is 42.1. The number of nitrogens with zero attached hydrogens (tertiary/aromatic N) is 1. The summed E-state index contributed by atoms with van der Waals surface area (Å²) in [6.07, 6.45) is 2.59. The number of benzene rings is 1. The van der Waals surface area contributed by atoms with Crippen LogP contribution in [-0.2, 0) is 44.8 Å². The number of carbonyl (C=O) groups excluding carboxylic acids is 7. The Kier molecular flexibility index (Phi) is 19.4. The molecule has 0 aliphatic carbocycles.